The Hall–Kier alpha value is -1.25. The minimum Gasteiger partial charge on any atom is -0.424 e. The van der Waals surface area contributed by atoms with Crippen LogP contribution in [0.15, 0.2) is 78.9 Å². The monoisotopic (exact) mass is 846 g/mol. The molecule has 0 amide bonds. The number of aliphatic hydroxyl groups is 1. The summed E-state index contributed by atoms with van der Waals surface area (Å²) >= 11 is 6.99. The Morgan fingerprint density at radius 1 is 0.685 bits per heavy atom. The third-order valence-corrected chi connectivity index (χ3v) is 18.6. The van der Waals surface area contributed by atoms with E-state index in [1.54, 1.807) is 0 Å². The summed E-state index contributed by atoms with van der Waals surface area (Å²) in [5.74, 6) is -1.89. The van der Waals surface area contributed by atoms with Gasteiger partial charge < -0.3 is 32.3 Å². The van der Waals surface area contributed by atoms with Crippen molar-refractivity contribution in [3.8, 4) is 0 Å². The van der Waals surface area contributed by atoms with Crippen molar-refractivity contribution in [2.75, 3.05) is 6.61 Å². The molecule has 4 rings (SSSR count). The van der Waals surface area contributed by atoms with Crippen LogP contribution in [0.1, 0.15) is 31.4 Å². The smallest absolute Gasteiger partial charge is 0.258 e. The lowest BCUT2D eigenvalue weighted by molar-refractivity contribution is -0.348. The molecule has 5 atom stereocenters. The lowest BCUT2D eigenvalue weighted by Gasteiger charge is -2.54. The van der Waals surface area contributed by atoms with Gasteiger partial charge in [0.15, 0.2) is 33.3 Å². The lowest BCUT2D eigenvalue weighted by Crippen LogP contribution is -2.69. The Morgan fingerprint density at radius 3 is 1.63 bits per heavy atom. The van der Waals surface area contributed by atoms with E-state index in [9.17, 15) is 9.90 Å². The van der Waals surface area contributed by atoms with Gasteiger partial charge in [0, 0.05) is 10.6 Å². The molecule has 1 aliphatic rings. The number of hydrogen-bond acceptors (Lipinski definition) is 7. The molecule has 3 aromatic carbocycles. The first kappa shape index (κ1) is 45.5. The van der Waals surface area contributed by atoms with Crippen molar-refractivity contribution in [3.63, 3.8) is 0 Å². The molecule has 54 heavy (non-hydrogen) atoms. The fourth-order valence-electron chi connectivity index (χ4n) is 7.20. The Morgan fingerprint density at radius 2 is 1.17 bits per heavy atom. The number of hydrogen-bond donors (Lipinski definition) is 2. The van der Waals surface area contributed by atoms with Gasteiger partial charge in [-0.2, -0.15) is 0 Å². The van der Waals surface area contributed by atoms with Crippen LogP contribution in [0, 0.1) is 0 Å². The Labute approximate surface area is 336 Å². The summed E-state index contributed by atoms with van der Waals surface area (Å²) < 4.78 is 34.4. The quantitative estimate of drug-likeness (QED) is 0.139. The van der Waals surface area contributed by atoms with E-state index in [-0.39, 0.29) is 6.61 Å². The molecule has 0 aromatic heterocycles. The average Bonchev–Trinajstić information content (AvgIpc) is 3.05. The molecule has 1 unspecified atom stereocenters. The van der Waals surface area contributed by atoms with Gasteiger partial charge in [-0.15, -0.1) is 0 Å². The van der Waals surface area contributed by atoms with E-state index in [2.05, 4.69) is 92.4 Å². The summed E-state index contributed by atoms with van der Waals surface area (Å²) in [7, 11) is -11.9. The van der Waals surface area contributed by atoms with Crippen molar-refractivity contribution >= 4 is 63.6 Å². The number of rotatable bonds is 16. The minimum atomic E-state index is -3.26. The molecule has 1 heterocycles. The van der Waals surface area contributed by atoms with Gasteiger partial charge in [0.25, 0.3) is 8.32 Å². The minimum absolute atomic E-state index is 0.259. The normalized spacial score (nSPS) is 23.4. The van der Waals surface area contributed by atoms with Crippen LogP contribution in [-0.4, -0.2) is 82.5 Å². The number of halogens is 1. The van der Waals surface area contributed by atoms with Crippen molar-refractivity contribution in [1.82, 2.24) is 0 Å². The van der Waals surface area contributed by atoms with Crippen LogP contribution >= 0.6 is 11.6 Å². The molecule has 1 fully saturated rings. The summed E-state index contributed by atoms with van der Waals surface area (Å²) in [5.41, 5.74) is 1.41. The van der Waals surface area contributed by atoms with Crippen molar-refractivity contribution in [1.29, 1.82) is 0 Å². The zero-order valence-electron chi connectivity index (χ0n) is 35.2. The molecule has 3 aromatic rings. The zero-order valence-corrected chi connectivity index (χ0v) is 41.0. The SMILES string of the molecule is CC(C)(CCc1cc(C2(O)O[C@H](CO[Si](C)(C)C)[C@@H](O[Si](C)(C)C)[C@H](O[Si](C)(C)C)[C@H]2O[Si](C)(C)C)ccc1Cl)[Si](O)(c1ccccc1)c1ccccc1. The largest absolute Gasteiger partial charge is 0.424 e. The highest BCUT2D eigenvalue weighted by Crippen LogP contribution is 2.45. The zero-order chi connectivity index (χ0) is 40.5. The Balaban J connectivity index is 1.83. The second-order valence-electron chi connectivity index (χ2n) is 19.4. The molecule has 2 N–H and O–H groups in total. The van der Waals surface area contributed by atoms with Gasteiger partial charge >= 0.3 is 0 Å². The third-order valence-electron chi connectivity index (χ3n) is 9.69. The molecule has 13 heteroatoms. The van der Waals surface area contributed by atoms with Crippen molar-refractivity contribution in [2.45, 2.75) is 140 Å². The molecular weight excluding hydrogens is 780 g/mol. The molecule has 0 bridgehead atoms. The maximum atomic E-state index is 13.2. The van der Waals surface area contributed by atoms with E-state index < -0.39 is 76.8 Å². The molecule has 0 radical (unpaired) electrons. The van der Waals surface area contributed by atoms with Crippen molar-refractivity contribution < 1.29 is 32.3 Å². The predicted molar refractivity (Wildman–Crippen MR) is 237 cm³/mol. The second kappa shape index (κ2) is 16.9. The van der Waals surface area contributed by atoms with Gasteiger partial charge in [-0.3, -0.25) is 0 Å². The maximum Gasteiger partial charge on any atom is 0.258 e. The average molecular weight is 848 g/mol. The summed E-state index contributed by atoms with van der Waals surface area (Å²) in [5, 5.41) is 15.2. The predicted octanol–water partition coefficient (Wildman–Crippen LogP) is 8.86. The van der Waals surface area contributed by atoms with Gasteiger partial charge in [-0.05, 0) is 125 Å². The van der Waals surface area contributed by atoms with Crippen LogP contribution in [0.2, 0.25) is 88.6 Å². The van der Waals surface area contributed by atoms with Gasteiger partial charge in [-0.25, -0.2) is 0 Å². The second-order valence-corrected chi connectivity index (χ2v) is 41.7. The van der Waals surface area contributed by atoms with Crippen LogP contribution < -0.4 is 10.4 Å². The van der Waals surface area contributed by atoms with Crippen LogP contribution in [0.5, 0.6) is 0 Å². The summed E-state index contributed by atoms with van der Waals surface area (Å²) in [6.07, 6.45) is -1.39. The first-order valence-electron chi connectivity index (χ1n) is 19.4. The van der Waals surface area contributed by atoms with E-state index in [4.69, 9.17) is 34.0 Å². The van der Waals surface area contributed by atoms with Gasteiger partial charge in [-0.1, -0.05) is 92.2 Å². The molecule has 7 nitrogen and oxygen atoms in total. The molecule has 1 saturated heterocycles. The fraction of sp³-hybridized carbons (Fsp3) is 0.561. The van der Waals surface area contributed by atoms with Gasteiger partial charge in [0.05, 0.1) is 6.61 Å². The number of benzene rings is 3. The van der Waals surface area contributed by atoms with Crippen molar-refractivity contribution in [3.05, 3.63) is 95.0 Å². The third kappa shape index (κ3) is 11.4. The molecule has 300 valence electrons. The van der Waals surface area contributed by atoms with Gasteiger partial charge in [0.1, 0.15) is 24.4 Å². The van der Waals surface area contributed by atoms with Crippen molar-refractivity contribution in [2.24, 2.45) is 0 Å². The summed E-state index contributed by atoms with van der Waals surface area (Å²) in [4.78, 5) is 12.8. The Kier molecular flexibility index (Phi) is 14.2. The Bertz CT molecular complexity index is 1630. The van der Waals surface area contributed by atoms with E-state index >= 15 is 0 Å². The first-order chi connectivity index (χ1) is 24.7. The molecule has 0 aliphatic carbocycles. The highest BCUT2D eigenvalue weighted by Gasteiger charge is 2.59. The van der Waals surface area contributed by atoms with E-state index in [0.29, 0.717) is 23.4 Å². The highest BCUT2D eigenvalue weighted by atomic mass is 35.5. The summed E-state index contributed by atoms with van der Waals surface area (Å²) in [6, 6.07) is 25.8. The van der Waals surface area contributed by atoms with E-state index in [1.807, 2.05) is 78.9 Å². The first-order valence-corrected chi connectivity index (χ1v) is 35.3. The maximum absolute atomic E-state index is 13.2. The van der Waals surface area contributed by atoms with Gasteiger partial charge in [0.2, 0.25) is 5.79 Å². The number of ether oxygens (including phenoxy) is 1. The molecule has 0 spiro atoms. The topological polar surface area (TPSA) is 86.6 Å². The molecule has 1 aliphatic heterocycles. The van der Waals surface area contributed by atoms with Crippen LogP contribution in [-0.2, 0) is 34.6 Å². The van der Waals surface area contributed by atoms with E-state index in [1.165, 1.54) is 0 Å². The highest BCUT2D eigenvalue weighted by molar-refractivity contribution is 6.98. The van der Waals surface area contributed by atoms with E-state index in [0.717, 1.165) is 15.9 Å². The van der Waals surface area contributed by atoms with Crippen LogP contribution in [0.4, 0.5) is 0 Å². The van der Waals surface area contributed by atoms with Crippen LogP contribution in [0.3, 0.4) is 0 Å². The fourth-order valence-corrected chi connectivity index (χ4v) is 15.0. The molecular formula is C41H67ClO7Si5. The van der Waals surface area contributed by atoms with Crippen LogP contribution in [0.25, 0.3) is 0 Å². The standard InChI is InChI=1S/C41H67ClO7Si5/c1-40(2,54(44,33-21-17-15-18-22-33)34-23-19-16-20-24-34)28-27-31-29-32(25-26-35(31)42)41(43)39(49-53(12,13)14)38(48-52(9,10)11)37(47-51(6,7)8)36(46-41)30-45-50(3,4)5/h15-26,29,36-39,43-44H,27-28,30H2,1-14H3/t36-,37-,38+,39-,41?/m1/s1. The lowest BCUT2D eigenvalue weighted by atomic mass is 9.87. The summed E-state index contributed by atoms with van der Waals surface area (Å²) in [6.45, 7) is 30.3. The number of aryl methyl sites for hydroxylation is 1. The molecule has 0 saturated carbocycles.